The molecule has 2 heterocycles. The number of hydrogen-bond donors (Lipinski definition) is 3. The quantitative estimate of drug-likeness (QED) is 0.639. The van der Waals surface area contributed by atoms with Gasteiger partial charge in [0.15, 0.2) is 0 Å². The van der Waals surface area contributed by atoms with Crippen molar-refractivity contribution in [1.29, 1.82) is 0 Å². The van der Waals surface area contributed by atoms with E-state index >= 15 is 0 Å². The van der Waals surface area contributed by atoms with E-state index in [0.717, 1.165) is 32.0 Å². The van der Waals surface area contributed by atoms with Crippen molar-refractivity contribution in [1.82, 2.24) is 14.9 Å². The van der Waals surface area contributed by atoms with E-state index < -0.39 is 0 Å². The minimum Gasteiger partial charge on any atom is -0.395 e. The van der Waals surface area contributed by atoms with Gasteiger partial charge in [-0.3, -0.25) is 4.90 Å². The molecule has 0 unspecified atom stereocenters. The monoisotopic (exact) mass is 315 g/mol. The first-order chi connectivity index (χ1) is 10.1. The first-order valence-electron chi connectivity index (χ1n) is 7.12. The van der Waals surface area contributed by atoms with Crippen molar-refractivity contribution in [2.45, 2.75) is 13.0 Å². The molecule has 3 N–H and O–H groups in total. The van der Waals surface area contributed by atoms with E-state index in [1.807, 2.05) is 6.92 Å². The first-order valence-corrected chi connectivity index (χ1v) is 7.50. The lowest BCUT2D eigenvalue weighted by molar-refractivity contribution is 0.188. The third-order valence-corrected chi connectivity index (χ3v) is 3.64. The minimum atomic E-state index is -0.127. The van der Waals surface area contributed by atoms with E-state index in [0.29, 0.717) is 17.6 Å². The highest BCUT2D eigenvalue weighted by atomic mass is 35.5. The second kappa shape index (κ2) is 7.74. The Bertz CT molecular complexity index is 454. The molecule has 1 aliphatic rings. The molecule has 0 aliphatic carbocycles. The zero-order valence-electron chi connectivity index (χ0n) is 12.2. The summed E-state index contributed by atoms with van der Waals surface area (Å²) in [7, 11) is 0. The van der Waals surface area contributed by atoms with Crippen LogP contribution < -0.4 is 10.2 Å². The number of aliphatic hydroxyl groups is 2. The van der Waals surface area contributed by atoms with E-state index in [1.165, 1.54) is 0 Å². The lowest BCUT2D eigenvalue weighted by Gasteiger charge is -2.35. The van der Waals surface area contributed by atoms with Gasteiger partial charge in [-0.05, 0) is 6.92 Å². The summed E-state index contributed by atoms with van der Waals surface area (Å²) >= 11 is 6.05. The molecule has 1 atom stereocenters. The molecule has 0 aromatic carbocycles. The lowest BCUT2D eigenvalue weighted by atomic mass is 10.3. The molecule has 0 spiro atoms. The number of halogens is 1. The summed E-state index contributed by atoms with van der Waals surface area (Å²) in [6.07, 6.45) is 0. The van der Waals surface area contributed by atoms with Crippen LogP contribution in [0.3, 0.4) is 0 Å². The molecule has 1 saturated heterocycles. The fourth-order valence-electron chi connectivity index (χ4n) is 2.24. The van der Waals surface area contributed by atoms with Crippen LogP contribution in [-0.2, 0) is 0 Å². The summed E-state index contributed by atoms with van der Waals surface area (Å²) in [4.78, 5) is 12.9. The Labute approximate surface area is 129 Å². The van der Waals surface area contributed by atoms with Crippen molar-refractivity contribution in [3.63, 3.8) is 0 Å². The molecule has 2 rings (SSSR count). The highest BCUT2D eigenvalue weighted by Gasteiger charge is 2.19. The zero-order valence-corrected chi connectivity index (χ0v) is 12.9. The van der Waals surface area contributed by atoms with Crippen LogP contribution in [0.15, 0.2) is 6.07 Å². The van der Waals surface area contributed by atoms with Crippen molar-refractivity contribution >= 4 is 23.4 Å². The number of nitrogens with zero attached hydrogens (tertiary/aromatic N) is 4. The molecule has 0 amide bonds. The summed E-state index contributed by atoms with van der Waals surface area (Å²) in [5.74, 6) is 1.21. The van der Waals surface area contributed by atoms with Gasteiger partial charge in [0.05, 0.1) is 13.2 Å². The maximum Gasteiger partial charge on any atom is 0.226 e. The average molecular weight is 316 g/mol. The Kier molecular flexibility index (Phi) is 5.98. The molecular weight excluding hydrogens is 294 g/mol. The van der Waals surface area contributed by atoms with Gasteiger partial charge in [0.2, 0.25) is 5.95 Å². The van der Waals surface area contributed by atoms with Gasteiger partial charge in [0, 0.05) is 44.8 Å². The summed E-state index contributed by atoms with van der Waals surface area (Å²) in [6, 6.07) is 1.62. The van der Waals surface area contributed by atoms with Gasteiger partial charge in [-0.2, -0.15) is 4.98 Å². The number of nitrogens with one attached hydrogen (secondary N) is 1. The van der Waals surface area contributed by atoms with Crippen LogP contribution >= 0.6 is 11.6 Å². The van der Waals surface area contributed by atoms with Gasteiger partial charge in [0.25, 0.3) is 0 Å². The van der Waals surface area contributed by atoms with Gasteiger partial charge in [-0.25, -0.2) is 4.98 Å². The van der Waals surface area contributed by atoms with Crippen molar-refractivity contribution < 1.29 is 10.2 Å². The number of hydrogen-bond acceptors (Lipinski definition) is 7. The Morgan fingerprint density at radius 1 is 1.29 bits per heavy atom. The number of aliphatic hydroxyl groups excluding tert-OH is 2. The summed E-state index contributed by atoms with van der Waals surface area (Å²) in [5.41, 5.74) is 0. The van der Waals surface area contributed by atoms with Crippen molar-refractivity contribution in [3.8, 4) is 0 Å². The number of rotatable bonds is 6. The van der Waals surface area contributed by atoms with Crippen LogP contribution in [0.4, 0.5) is 11.8 Å². The minimum absolute atomic E-state index is 0.00500. The molecule has 8 heteroatoms. The largest absolute Gasteiger partial charge is 0.395 e. The molecule has 1 fully saturated rings. The Morgan fingerprint density at radius 2 is 2.00 bits per heavy atom. The Morgan fingerprint density at radius 3 is 2.62 bits per heavy atom. The SMILES string of the molecule is C[C@@H](CO)Nc1nc(Cl)cc(N2CCN(CCO)CC2)n1. The number of anilines is 2. The number of piperazine rings is 1. The lowest BCUT2D eigenvalue weighted by Crippen LogP contribution is -2.47. The Hall–Kier alpha value is -1.15. The van der Waals surface area contributed by atoms with E-state index in [1.54, 1.807) is 6.07 Å². The molecule has 1 aromatic rings. The molecule has 0 radical (unpaired) electrons. The van der Waals surface area contributed by atoms with Crippen LogP contribution in [0.2, 0.25) is 5.15 Å². The second-order valence-electron chi connectivity index (χ2n) is 5.15. The van der Waals surface area contributed by atoms with Crippen LogP contribution in [-0.4, -0.2) is 77.1 Å². The van der Waals surface area contributed by atoms with Crippen molar-refractivity contribution in [2.24, 2.45) is 0 Å². The topological polar surface area (TPSA) is 84.8 Å². The standard InChI is InChI=1S/C13H22ClN5O2/c1-10(9-21)15-13-16-11(14)8-12(17-13)19-4-2-18(3-5-19)6-7-20/h8,10,20-21H,2-7,9H2,1H3,(H,15,16,17)/t10-/m0/s1. The number of β-amino-alcohol motifs (C(OH)–C–C–N with tert-alkyl or cyclic N) is 1. The fourth-order valence-corrected chi connectivity index (χ4v) is 2.42. The van der Waals surface area contributed by atoms with Crippen LogP contribution in [0, 0.1) is 0 Å². The number of aromatic nitrogens is 2. The normalized spacial score (nSPS) is 17.8. The van der Waals surface area contributed by atoms with E-state index in [2.05, 4.69) is 25.1 Å². The van der Waals surface area contributed by atoms with Gasteiger partial charge >= 0.3 is 0 Å². The average Bonchev–Trinajstić information content (AvgIpc) is 2.47. The van der Waals surface area contributed by atoms with Gasteiger partial charge < -0.3 is 20.4 Å². The third kappa shape index (κ3) is 4.67. The van der Waals surface area contributed by atoms with Crippen molar-refractivity contribution in [3.05, 3.63) is 11.2 Å². The maximum atomic E-state index is 9.08. The van der Waals surface area contributed by atoms with Gasteiger partial charge in [-0.15, -0.1) is 0 Å². The third-order valence-electron chi connectivity index (χ3n) is 3.44. The molecule has 0 bridgehead atoms. The molecule has 1 aliphatic heterocycles. The molecule has 7 nitrogen and oxygen atoms in total. The summed E-state index contributed by atoms with van der Waals surface area (Å²) < 4.78 is 0. The van der Waals surface area contributed by atoms with Crippen LogP contribution in [0.5, 0.6) is 0 Å². The molecule has 21 heavy (non-hydrogen) atoms. The van der Waals surface area contributed by atoms with Crippen LogP contribution in [0.1, 0.15) is 6.92 Å². The smallest absolute Gasteiger partial charge is 0.226 e. The highest BCUT2D eigenvalue weighted by molar-refractivity contribution is 6.29. The van der Waals surface area contributed by atoms with Crippen LogP contribution in [0.25, 0.3) is 0 Å². The second-order valence-corrected chi connectivity index (χ2v) is 5.54. The molecule has 118 valence electrons. The van der Waals surface area contributed by atoms with E-state index in [9.17, 15) is 0 Å². The predicted molar refractivity (Wildman–Crippen MR) is 83.0 cm³/mol. The summed E-state index contributed by atoms with van der Waals surface area (Å²) in [5, 5.41) is 21.4. The predicted octanol–water partition coefficient (Wildman–Crippen LogP) is 0.0370. The van der Waals surface area contributed by atoms with E-state index in [-0.39, 0.29) is 19.3 Å². The fraction of sp³-hybridized carbons (Fsp3) is 0.692. The van der Waals surface area contributed by atoms with Crippen molar-refractivity contribution in [2.75, 3.05) is 56.2 Å². The van der Waals surface area contributed by atoms with Gasteiger partial charge in [0.1, 0.15) is 11.0 Å². The molecule has 1 aromatic heterocycles. The first kappa shape index (κ1) is 16.2. The Balaban J connectivity index is 2.03. The highest BCUT2D eigenvalue weighted by Crippen LogP contribution is 2.20. The van der Waals surface area contributed by atoms with E-state index in [4.69, 9.17) is 21.8 Å². The molecular formula is C13H22ClN5O2. The van der Waals surface area contributed by atoms with Gasteiger partial charge in [-0.1, -0.05) is 11.6 Å². The maximum absolute atomic E-state index is 9.08. The summed E-state index contributed by atoms with van der Waals surface area (Å²) in [6.45, 7) is 6.19. The molecule has 0 saturated carbocycles. The zero-order chi connectivity index (χ0) is 15.2.